The molecule has 0 saturated carbocycles. The summed E-state index contributed by atoms with van der Waals surface area (Å²) in [7, 11) is 0. The third-order valence-corrected chi connectivity index (χ3v) is 6.11. The molecule has 3 aromatic carbocycles. The average Bonchev–Trinajstić information content (AvgIpc) is 2.80. The molecule has 0 radical (unpaired) electrons. The number of rotatable bonds is 8. The maximum atomic E-state index is 10.6. The molecule has 4 heteroatoms. The lowest BCUT2D eigenvalue weighted by molar-refractivity contribution is 0.0400. The first kappa shape index (κ1) is 22.5. The molecular weight excluding hydrogens is 396 g/mol. The number of nitrogens with zero attached hydrogens (tertiary/aromatic N) is 2. The third-order valence-electron chi connectivity index (χ3n) is 6.11. The second-order valence-electron chi connectivity index (χ2n) is 8.85. The van der Waals surface area contributed by atoms with E-state index in [-0.39, 0.29) is 6.04 Å². The Hall–Kier alpha value is -2.66. The molecule has 1 aliphatic heterocycles. The van der Waals surface area contributed by atoms with Gasteiger partial charge in [0.05, 0.1) is 6.04 Å². The lowest BCUT2D eigenvalue weighted by atomic mass is 9.96. The van der Waals surface area contributed by atoms with Crippen LogP contribution < -0.4 is 4.74 Å². The Morgan fingerprint density at radius 2 is 1.31 bits per heavy atom. The number of β-amino-alcohol motifs (C(OH)–C–C–N with tert-alkyl or cyclic N) is 1. The van der Waals surface area contributed by atoms with Crippen molar-refractivity contribution < 1.29 is 9.84 Å². The molecule has 1 N–H and O–H groups in total. The van der Waals surface area contributed by atoms with E-state index in [0.717, 1.165) is 31.9 Å². The van der Waals surface area contributed by atoms with Gasteiger partial charge in [-0.3, -0.25) is 9.80 Å². The van der Waals surface area contributed by atoms with Gasteiger partial charge < -0.3 is 9.84 Å². The van der Waals surface area contributed by atoms with Gasteiger partial charge in [0.25, 0.3) is 0 Å². The van der Waals surface area contributed by atoms with Crippen LogP contribution in [0.4, 0.5) is 0 Å². The van der Waals surface area contributed by atoms with Crippen LogP contribution in [0.15, 0.2) is 78.9 Å². The van der Waals surface area contributed by atoms with Gasteiger partial charge in [-0.15, -0.1) is 0 Å². The number of piperazine rings is 1. The van der Waals surface area contributed by atoms with E-state index >= 15 is 0 Å². The molecule has 3 aromatic rings. The second-order valence-corrected chi connectivity index (χ2v) is 8.85. The zero-order valence-electron chi connectivity index (χ0n) is 19.2. The van der Waals surface area contributed by atoms with Crippen LogP contribution >= 0.6 is 0 Å². The van der Waals surface area contributed by atoms with Gasteiger partial charge in [0.1, 0.15) is 18.5 Å². The average molecular weight is 431 g/mol. The molecule has 1 saturated heterocycles. The monoisotopic (exact) mass is 430 g/mol. The number of aliphatic hydroxyl groups excluding tert-OH is 1. The lowest BCUT2D eigenvalue weighted by Crippen LogP contribution is -2.50. The van der Waals surface area contributed by atoms with Crippen LogP contribution in [0.5, 0.6) is 5.75 Å². The molecule has 0 amide bonds. The molecule has 1 unspecified atom stereocenters. The van der Waals surface area contributed by atoms with Crippen molar-refractivity contribution in [1.29, 1.82) is 0 Å². The molecule has 4 nitrogen and oxygen atoms in total. The minimum atomic E-state index is -0.499. The third kappa shape index (κ3) is 5.98. The topological polar surface area (TPSA) is 35.9 Å². The first-order valence-corrected chi connectivity index (χ1v) is 11.5. The van der Waals surface area contributed by atoms with Crippen LogP contribution in [0, 0.1) is 13.8 Å². The van der Waals surface area contributed by atoms with E-state index in [1.165, 1.54) is 22.3 Å². The van der Waals surface area contributed by atoms with Crippen molar-refractivity contribution in [2.75, 3.05) is 39.3 Å². The van der Waals surface area contributed by atoms with E-state index < -0.39 is 6.10 Å². The summed E-state index contributed by atoms with van der Waals surface area (Å²) in [5, 5.41) is 10.6. The zero-order valence-corrected chi connectivity index (χ0v) is 19.2. The predicted molar refractivity (Wildman–Crippen MR) is 130 cm³/mol. The molecule has 1 fully saturated rings. The summed E-state index contributed by atoms with van der Waals surface area (Å²) in [6.45, 7) is 8.91. The summed E-state index contributed by atoms with van der Waals surface area (Å²) in [6.07, 6.45) is -0.499. The summed E-state index contributed by atoms with van der Waals surface area (Å²) in [5.41, 5.74) is 5.01. The van der Waals surface area contributed by atoms with E-state index in [4.69, 9.17) is 4.74 Å². The molecule has 1 aliphatic rings. The smallest absolute Gasteiger partial charge is 0.119 e. The van der Waals surface area contributed by atoms with E-state index in [0.29, 0.717) is 13.2 Å². The molecule has 168 valence electrons. The van der Waals surface area contributed by atoms with Crippen molar-refractivity contribution in [3.63, 3.8) is 0 Å². The molecule has 4 rings (SSSR count). The number of benzene rings is 3. The molecule has 0 aromatic heterocycles. The summed E-state index contributed by atoms with van der Waals surface area (Å²) >= 11 is 0. The number of ether oxygens (including phenoxy) is 1. The summed E-state index contributed by atoms with van der Waals surface area (Å²) < 4.78 is 5.86. The number of aryl methyl sites for hydroxylation is 2. The number of hydrogen-bond acceptors (Lipinski definition) is 4. The highest BCUT2D eigenvalue weighted by Crippen LogP contribution is 2.29. The quantitative estimate of drug-likeness (QED) is 0.573. The first-order valence-electron chi connectivity index (χ1n) is 11.5. The molecule has 32 heavy (non-hydrogen) atoms. The van der Waals surface area contributed by atoms with Crippen LogP contribution in [0.1, 0.15) is 28.3 Å². The van der Waals surface area contributed by atoms with E-state index in [2.05, 4.69) is 90.4 Å². The maximum absolute atomic E-state index is 10.6. The van der Waals surface area contributed by atoms with E-state index in [1.807, 2.05) is 12.1 Å². The van der Waals surface area contributed by atoms with Crippen LogP contribution in [0.25, 0.3) is 0 Å². The Bertz CT molecular complexity index is 909. The Morgan fingerprint density at radius 1 is 0.781 bits per heavy atom. The van der Waals surface area contributed by atoms with E-state index in [9.17, 15) is 5.11 Å². The van der Waals surface area contributed by atoms with Gasteiger partial charge in [0, 0.05) is 32.7 Å². The summed E-state index contributed by atoms with van der Waals surface area (Å²) in [4.78, 5) is 4.90. The van der Waals surface area contributed by atoms with Crippen molar-refractivity contribution in [3.8, 4) is 5.75 Å². The molecule has 0 aliphatic carbocycles. The highest BCUT2D eigenvalue weighted by atomic mass is 16.5. The highest BCUT2D eigenvalue weighted by molar-refractivity contribution is 5.33. The lowest BCUT2D eigenvalue weighted by Gasteiger charge is -2.40. The Morgan fingerprint density at radius 3 is 1.84 bits per heavy atom. The standard InChI is InChI=1S/C28H34N2O2/c1-22-17-23(2)19-27(18-22)32-21-26(31)20-29-13-15-30(16-14-29)28(24-9-5-3-6-10-24)25-11-7-4-8-12-25/h3-12,17-19,26,28,31H,13-16,20-21H2,1-2H3. The summed E-state index contributed by atoms with van der Waals surface area (Å²) in [6, 6.07) is 27.9. The second kappa shape index (κ2) is 10.8. The minimum absolute atomic E-state index is 0.261. The van der Waals surface area contributed by atoms with Gasteiger partial charge in [0.2, 0.25) is 0 Å². The van der Waals surface area contributed by atoms with Gasteiger partial charge >= 0.3 is 0 Å². The van der Waals surface area contributed by atoms with Crippen molar-refractivity contribution >= 4 is 0 Å². The first-order chi connectivity index (χ1) is 15.6. The van der Waals surface area contributed by atoms with Gasteiger partial charge in [0.15, 0.2) is 0 Å². The Labute approximate surface area is 192 Å². The number of aliphatic hydroxyl groups is 1. The maximum Gasteiger partial charge on any atom is 0.119 e. The predicted octanol–water partition coefficient (Wildman–Crippen LogP) is 4.45. The van der Waals surface area contributed by atoms with Crippen LogP contribution in [0.2, 0.25) is 0 Å². The van der Waals surface area contributed by atoms with Crippen LogP contribution in [-0.4, -0.2) is 60.3 Å². The fourth-order valence-electron chi connectivity index (χ4n) is 4.65. The van der Waals surface area contributed by atoms with E-state index in [1.54, 1.807) is 0 Å². The number of hydrogen-bond donors (Lipinski definition) is 1. The van der Waals surface area contributed by atoms with Crippen molar-refractivity contribution in [2.45, 2.75) is 26.0 Å². The highest BCUT2D eigenvalue weighted by Gasteiger charge is 2.27. The van der Waals surface area contributed by atoms with Crippen LogP contribution in [0.3, 0.4) is 0 Å². The molecule has 1 heterocycles. The van der Waals surface area contributed by atoms with Crippen molar-refractivity contribution in [2.24, 2.45) is 0 Å². The Balaban J connectivity index is 1.32. The molecule has 1 atom stereocenters. The van der Waals surface area contributed by atoms with Crippen molar-refractivity contribution in [3.05, 3.63) is 101 Å². The van der Waals surface area contributed by atoms with Gasteiger partial charge in [-0.1, -0.05) is 66.7 Å². The molecule has 0 bridgehead atoms. The summed E-state index contributed by atoms with van der Waals surface area (Å²) in [5.74, 6) is 0.833. The fraction of sp³-hybridized carbons (Fsp3) is 0.357. The van der Waals surface area contributed by atoms with Gasteiger partial charge in [-0.2, -0.15) is 0 Å². The minimum Gasteiger partial charge on any atom is -0.491 e. The van der Waals surface area contributed by atoms with Gasteiger partial charge in [-0.05, 0) is 48.2 Å². The zero-order chi connectivity index (χ0) is 22.3. The molecular formula is C28H34N2O2. The normalized spacial score (nSPS) is 16.2. The molecule has 0 spiro atoms. The SMILES string of the molecule is Cc1cc(C)cc(OCC(O)CN2CCN(C(c3ccccc3)c3ccccc3)CC2)c1. The Kier molecular flexibility index (Phi) is 7.59. The fourth-order valence-corrected chi connectivity index (χ4v) is 4.65. The van der Waals surface area contributed by atoms with Crippen LogP contribution in [-0.2, 0) is 0 Å². The van der Waals surface area contributed by atoms with Gasteiger partial charge in [-0.25, -0.2) is 0 Å². The largest absolute Gasteiger partial charge is 0.491 e. The van der Waals surface area contributed by atoms with Crippen molar-refractivity contribution in [1.82, 2.24) is 9.80 Å².